The van der Waals surface area contributed by atoms with E-state index in [1.165, 1.54) is 12.1 Å². The van der Waals surface area contributed by atoms with Crippen molar-refractivity contribution in [2.45, 2.75) is 19.0 Å². The van der Waals surface area contributed by atoms with Crippen molar-refractivity contribution < 1.29 is 18.0 Å². The number of halogens is 3. The molecule has 2 aromatic rings. The number of benzene rings is 1. The number of amides is 1. The van der Waals surface area contributed by atoms with Gasteiger partial charge in [0.2, 0.25) is 5.91 Å². The molecule has 4 nitrogen and oxygen atoms in total. The van der Waals surface area contributed by atoms with Gasteiger partial charge in [-0.25, -0.2) is 4.98 Å². The zero-order valence-corrected chi connectivity index (χ0v) is 12.0. The standard InChI is InChI=1S/C15H16F3N3O/c1-21-9-8-19-13(21)6-7-20-14(22)10-11-2-4-12(5-3-11)15(16,17)18/h2-5,8-9H,6-7,10H2,1H3,(H,20,22). The van der Waals surface area contributed by atoms with Crippen LogP contribution in [-0.4, -0.2) is 22.0 Å². The Morgan fingerprint density at radius 1 is 1.27 bits per heavy atom. The van der Waals surface area contributed by atoms with E-state index in [0.29, 0.717) is 18.5 Å². The van der Waals surface area contributed by atoms with Crippen LogP contribution in [0.25, 0.3) is 0 Å². The summed E-state index contributed by atoms with van der Waals surface area (Å²) in [5.41, 5.74) is -0.172. The Kier molecular flexibility index (Phi) is 4.85. The molecular formula is C15H16F3N3O. The number of nitrogens with one attached hydrogen (secondary N) is 1. The SMILES string of the molecule is Cn1ccnc1CCNC(=O)Cc1ccc(C(F)(F)F)cc1. The van der Waals surface area contributed by atoms with Crippen molar-refractivity contribution in [1.82, 2.24) is 14.9 Å². The van der Waals surface area contributed by atoms with Crippen LogP contribution < -0.4 is 5.32 Å². The van der Waals surface area contributed by atoms with Crippen LogP contribution >= 0.6 is 0 Å². The quantitative estimate of drug-likeness (QED) is 0.921. The number of hydrogen-bond acceptors (Lipinski definition) is 2. The molecule has 1 aromatic heterocycles. The third-order valence-electron chi connectivity index (χ3n) is 3.24. The summed E-state index contributed by atoms with van der Waals surface area (Å²) >= 11 is 0. The lowest BCUT2D eigenvalue weighted by molar-refractivity contribution is -0.137. The summed E-state index contributed by atoms with van der Waals surface area (Å²) < 4.78 is 39.1. The van der Waals surface area contributed by atoms with Gasteiger partial charge in [0, 0.05) is 32.4 Å². The van der Waals surface area contributed by atoms with Gasteiger partial charge in [-0.3, -0.25) is 4.79 Å². The van der Waals surface area contributed by atoms with E-state index in [9.17, 15) is 18.0 Å². The Hall–Kier alpha value is -2.31. The topological polar surface area (TPSA) is 46.9 Å². The summed E-state index contributed by atoms with van der Waals surface area (Å²) in [6.45, 7) is 0.435. The highest BCUT2D eigenvalue weighted by molar-refractivity contribution is 5.78. The molecule has 1 aromatic carbocycles. The highest BCUT2D eigenvalue weighted by Gasteiger charge is 2.29. The van der Waals surface area contributed by atoms with Crippen LogP contribution in [0.4, 0.5) is 13.2 Å². The second kappa shape index (κ2) is 6.64. The van der Waals surface area contributed by atoms with Gasteiger partial charge in [-0.15, -0.1) is 0 Å². The minimum Gasteiger partial charge on any atom is -0.355 e. The van der Waals surface area contributed by atoms with Crippen molar-refractivity contribution in [2.24, 2.45) is 7.05 Å². The van der Waals surface area contributed by atoms with Crippen LogP contribution in [0, 0.1) is 0 Å². The molecule has 0 unspecified atom stereocenters. The number of carbonyl (C=O) groups excluding carboxylic acids is 1. The third-order valence-corrected chi connectivity index (χ3v) is 3.24. The fourth-order valence-corrected chi connectivity index (χ4v) is 2.01. The second-order valence-corrected chi connectivity index (χ2v) is 4.93. The van der Waals surface area contributed by atoms with Gasteiger partial charge >= 0.3 is 6.18 Å². The van der Waals surface area contributed by atoms with Gasteiger partial charge in [-0.2, -0.15) is 13.2 Å². The molecule has 1 amide bonds. The van der Waals surface area contributed by atoms with Gasteiger partial charge in [0.1, 0.15) is 5.82 Å². The van der Waals surface area contributed by atoms with Crippen LogP contribution in [0.15, 0.2) is 36.7 Å². The highest BCUT2D eigenvalue weighted by atomic mass is 19.4. The Labute approximate surface area is 126 Å². The number of imidazole rings is 1. The highest BCUT2D eigenvalue weighted by Crippen LogP contribution is 2.29. The first-order valence-corrected chi connectivity index (χ1v) is 6.75. The Bertz CT molecular complexity index is 632. The molecule has 0 fully saturated rings. The fraction of sp³-hybridized carbons (Fsp3) is 0.333. The fourth-order valence-electron chi connectivity index (χ4n) is 2.01. The molecule has 0 saturated heterocycles. The summed E-state index contributed by atoms with van der Waals surface area (Å²) in [5.74, 6) is 0.629. The van der Waals surface area contributed by atoms with Gasteiger partial charge < -0.3 is 9.88 Å². The summed E-state index contributed by atoms with van der Waals surface area (Å²) in [6.07, 6.45) is -0.206. The molecule has 1 N–H and O–H groups in total. The molecule has 0 spiro atoms. The van der Waals surface area contributed by atoms with Crippen molar-refractivity contribution in [3.63, 3.8) is 0 Å². The van der Waals surface area contributed by atoms with Gasteiger partial charge in [-0.05, 0) is 17.7 Å². The molecule has 2 rings (SSSR count). The van der Waals surface area contributed by atoms with Crippen LogP contribution in [0.2, 0.25) is 0 Å². The summed E-state index contributed by atoms with van der Waals surface area (Å²) in [7, 11) is 1.87. The van der Waals surface area contributed by atoms with Crippen molar-refractivity contribution in [3.8, 4) is 0 Å². The number of rotatable bonds is 5. The maximum Gasteiger partial charge on any atom is 0.416 e. The molecule has 0 saturated carbocycles. The Morgan fingerprint density at radius 2 is 1.95 bits per heavy atom. The number of hydrogen-bond donors (Lipinski definition) is 1. The van der Waals surface area contributed by atoms with Crippen molar-refractivity contribution in [1.29, 1.82) is 0 Å². The molecule has 0 atom stereocenters. The third kappa shape index (κ3) is 4.34. The van der Waals surface area contributed by atoms with E-state index in [1.807, 2.05) is 17.8 Å². The smallest absolute Gasteiger partial charge is 0.355 e. The van der Waals surface area contributed by atoms with Gasteiger partial charge in [0.15, 0.2) is 0 Å². The van der Waals surface area contributed by atoms with Gasteiger partial charge in [0.25, 0.3) is 0 Å². The predicted molar refractivity (Wildman–Crippen MR) is 75.1 cm³/mol. The summed E-state index contributed by atoms with van der Waals surface area (Å²) in [4.78, 5) is 15.9. The minimum absolute atomic E-state index is 0.0543. The number of carbonyl (C=O) groups is 1. The lowest BCUT2D eigenvalue weighted by atomic mass is 10.1. The average molecular weight is 311 g/mol. The average Bonchev–Trinajstić information content (AvgIpc) is 2.84. The van der Waals surface area contributed by atoms with Crippen molar-refractivity contribution in [2.75, 3.05) is 6.54 Å². The monoisotopic (exact) mass is 311 g/mol. The zero-order valence-electron chi connectivity index (χ0n) is 12.0. The summed E-state index contributed by atoms with van der Waals surface area (Å²) in [5, 5.41) is 2.73. The van der Waals surface area contributed by atoms with E-state index in [1.54, 1.807) is 6.20 Å². The molecular weight excluding hydrogens is 295 g/mol. The van der Waals surface area contributed by atoms with E-state index in [4.69, 9.17) is 0 Å². The van der Waals surface area contributed by atoms with Crippen molar-refractivity contribution in [3.05, 3.63) is 53.6 Å². The molecule has 22 heavy (non-hydrogen) atoms. The molecule has 0 radical (unpaired) electrons. The molecule has 0 aliphatic rings. The molecule has 0 aliphatic carbocycles. The van der Waals surface area contributed by atoms with Crippen LogP contribution in [-0.2, 0) is 30.9 Å². The van der Waals surface area contributed by atoms with E-state index < -0.39 is 11.7 Å². The summed E-state index contributed by atoms with van der Waals surface area (Å²) in [6, 6.07) is 4.61. The molecule has 0 aliphatic heterocycles. The molecule has 118 valence electrons. The molecule has 7 heteroatoms. The second-order valence-electron chi connectivity index (χ2n) is 4.93. The van der Waals surface area contributed by atoms with E-state index in [2.05, 4.69) is 10.3 Å². The van der Waals surface area contributed by atoms with E-state index >= 15 is 0 Å². The normalized spacial score (nSPS) is 11.5. The number of nitrogens with zero attached hydrogens (tertiary/aromatic N) is 2. The largest absolute Gasteiger partial charge is 0.416 e. The van der Waals surface area contributed by atoms with Crippen LogP contribution in [0.3, 0.4) is 0 Å². The maximum absolute atomic E-state index is 12.4. The maximum atomic E-state index is 12.4. The molecule has 0 bridgehead atoms. The Morgan fingerprint density at radius 3 is 2.50 bits per heavy atom. The number of alkyl halides is 3. The zero-order chi connectivity index (χ0) is 16.2. The number of aryl methyl sites for hydroxylation is 1. The predicted octanol–water partition coefficient (Wildman–Crippen LogP) is 2.34. The first kappa shape index (κ1) is 16.1. The van der Waals surface area contributed by atoms with E-state index in [0.717, 1.165) is 18.0 Å². The van der Waals surface area contributed by atoms with E-state index in [-0.39, 0.29) is 12.3 Å². The van der Waals surface area contributed by atoms with Gasteiger partial charge in [-0.1, -0.05) is 12.1 Å². The van der Waals surface area contributed by atoms with Crippen LogP contribution in [0.1, 0.15) is 17.0 Å². The number of aromatic nitrogens is 2. The van der Waals surface area contributed by atoms with Crippen molar-refractivity contribution >= 4 is 5.91 Å². The Balaban J connectivity index is 1.81. The van der Waals surface area contributed by atoms with Crippen LogP contribution in [0.5, 0.6) is 0 Å². The minimum atomic E-state index is -4.36. The lowest BCUT2D eigenvalue weighted by Crippen LogP contribution is -2.27. The molecule has 1 heterocycles. The first-order valence-electron chi connectivity index (χ1n) is 6.75. The first-order chi connectivity index (χ1) is 10.4. The van der Waals surface area contributed by atoms with Gasteiger partial charge in [0.05, 0.1) is 12.0 Å². The lowest BCUT2D eigenvalue weighted by Gasteiger charge is -2.08.